The molecule has 0 N–H and O–H groups in total. The number of carbonyl (C=O) groups is 1. The van der Waals surface area contributed by atoms with E-state index in [9.17, 15) is 4.79 Å². The molecule has 6 nitrogen and oxygen atoms in total. The zero-order valence-electron chi connectivity index (χ0n) is 29.8. The standard InChI is InChI=1S/C44H48N4O2/c1-5-46(6-2)35-23-25-39-41(29-35)50-42-30-36(47(7-3)8-4)24-26-40(42)44(39)38-22-16-15-21-37(38)43(49)48(44)28-27-45(31-33-17-11-9-12-18-33)32-34-19-13-10-14-20-34/h9-26,29-30H,5-8,27-28,31-32H2,1-4H3. The zero-order valence-corrected chi connectivity index (χ0v) is 29.8. The molecule has 7 rings (SSSR count). The third-order valence-electron chi connectivity index (χ3n) is 10.5. The lowest BCUT2D eigenvalue weighted by Gasteiger charge is -2.45. The molecule has 2 aliphatic rings. The molecule has 2 heterocycles. The minimum Gasteiger partial charge on any atom is -0.456 e. The van der Waals surface area contributed by atoms with Gasteiger partial charge in [0.15, 0.2) is 0 Å². The van der Waals surface area contributed by atoms with Crippen molar-refractivity contribution in [3.05, 3.63) is 155 Å². The van der Waals surface area contributed by atoms with Crippen LogP contribution in [0.4, 0.5) is 11.4 Å². The predicted octanol–water partition coefficient (Wildman–Crippen LogP) is 8.93. The molecule has 6 heteroatoms. The summed E-state index contributed by atoms with van der Waals surface area (Å²) in [6.45, 7) is 15.1. The maximum atomic E-state index is 14.8. The van der Waals surface area contributed by atoms with Gasteiger partial charge >= 0.3 is 0 Å². The van der Waals surface area contributed by atoms with Crippen molar-refractivity contribution in [2.24, 2.45) is 0 Å². The van der Waals surface area contributed by atoms with Crippen molar-refractivity contribution in [3.63, 3.8) is 0 Å². The molecule has 0 saturated carbocycles. The molecular formula is C44H48N4O2. The van der Waals surface area contributed by atoms with E-state index in [1.165, 1.54) is 11.1 Å². The van der Waals surface area contributed by atoms with E-state index in [1.54, 1.807) is 0 Å². The van der Waals surface area contributed by atoms with Crippen molar-refractivity contribution in [1.82, 2.24) is 9.80 Å². The van der Waals surface area contributed by atoms with Gasteiger partial charge in [-0.3, -0.25) is 9.69 Å². The van der Waals surface area contributed by atoms with Crippen molar-refractivity contribution < 1.29 is 9.53 Å². The van der Waals surface area contributed by atoms with Crippen LogP contribution in [0.2, 0.25) is 0 Å². The largest absolute Gasteiger partial charge is 0.456 e. The van der Waals surface area contributed by atoms with E-state index in [1.807, 2.05) is 12.1 Å². The lowest BCUT2D eigenvalue weighted by Crippen LogP contribution is -2.50. The number of anilines is 2. The van der Waals surface area contributed by atoms with E-state index >= 15 is 0 Å². The van der Waals surface area contributed by atoms with Gasteiger partial charge in [-0.05, 0) is 62.6 Å². The summed E-state index contributed by atoms with van der Waals surface area (Å²) >= 11 is 0. The maximum absolute atomic E-state index is 14.8. The first kappa shape index (κ1) is 33.4. The summed E-state index contributed by atoms with van der Waals surface area (Å²) in [5, 5.41) is 0. The van der Waals surface area contributed by atoms with Crippen LogP contribution in [0.3, 0.4) is 0 Å². The zero-order chi connectivity index (χ0) is 34.7. The summed E-state index contributed by atoms with van der Waals surface area (Å²) in [5.74, 6) is 1.66. The average Bonchev–Trinajstić information content (AvgIpc) is 3.40. The van der Waals surface area contributed by atoms with Gasteiger partial charge in [0.25, 0.3) is 5.91 Å². The highest BCUT2D eigenvalue weighted by Gasteiger charge is 2.56. The Hall–Kier alpha value is -5.07. The fraction of sp³-hybridized carbons (Fsp3) is 0.295. The van der Waals surface area contributed by atoms with Gasteiger partial charge in [-0.15, -0.1) is 0 Å². The topological polar surface area (TPSA) is 39.3 Å². The summed E-state index contributed by atoms with van der Waals surface area (Å²) in [5.41, 5.74) is 7.68. The minimum absolute atomic E-state index is 0.0550. The number of hydrogen-bond donors (Lipinski definition) is 0. The van der Waals surface area contributed by atoms with Crippen molar-refractivity contribution in [1.29, 1.82) is 0 Å². The molecule has 0 unspecified atom stereocenters. The molecule has 0 aliphatic carbocycles. The lowest BCUT2D eigenvalue weighted by molar-refractivity contribution is 0.0629. The van der Waals surface area contributed by atoms with Gasteiger partial charge < -0.3 is 19.4 Å². The Morgan fingerprint density at radius 3 is 1.56 bits per heavy atom. The molecule has 2 aliphatic heterocycles. The second-order valence-electron chi connectivity index (χ2n) is 13.2. The highest BCUT2D eigenvalue weighted by molar-refractivity contribution is 6.02. The predicted molar refractivity (Wildman–Crippen MR) is 204 cm³/mol. The SMILES string of the molecule is CCN(CC)c1ccc2c(c1)Oc1cc(N(CC)CC)ccc1C21c2ccccc2C(=O)N1CCN(Cc1ccccc1)Cc1ccccc1. The molecule has 1 amide bonds. The Kier molecular flexibility index (Phi) is 9.64. The van der Waals surface area contributed by atoms with Crippen molar-refractivity contribution in [3.8, 4) is 11.5 Å². The fourth-order valence-electron chi connectivity index (χ4n) is 8.04. The van der Waals surface area contributed by atoms with E-state index in [4.69, 9.17) is 4.74 Å². The Bertz CT molecular complexity index is 1830. The van der Waals surface area contributed by atoms with Crippen LogP contribution in [0.5, 0.6) is 11.5 Å². The highest BCUT2D eigenvalue weighted by atomic mass is 16.5. The van der Waals surface area contributed by atoms with E-state index in [0.717, 1.165) is 84.4 Å². The van der Waals surface area contributed by atoms with Crippen molar-refractivity contribution >= 4 is 17.3 Å². The smallest absolute Gasteiger partial charge is 0.255 e. The Labute approximate surface area is 297 Å². The number of hydrogen-bond acceptors (Lipinski definition) is 5. The monoisotopic (exact) mass is 664 g/mol. The molecule has 1 spiro atoms. The third-order valence-corrected chi connectivity index (χ3v) is 10.5. The van der Waals surface area contributed by atoms with Crippen LogP contribution in [-0.2, 0) is 18.6 Å². The summed E-state index contributed by atoms with van der Waals surface area (Å²) in [4.78, 5) is 24.1. The highest BCUT2D eigenvalue weighted by Crippen LogP contribution is 2.58. The molecule has 0 aromatic heterocycles. The van der Waals surface area contributed by atoms with E-state index in [0.29, 0.717) is 13.1 Å². The normalized spacial score (nSPS) is 13.9. The second-order valence-corrected chi connectivity index (χ2v) is 13.2. The van der Waals surface area contributed by atoms with Crippen LogP contribution in [0.25, 0.3) is 0 Å². The van der Waals surface area contributed by atoms with Gasteiger partial charge in [-0.1, -0.05) is 91.0 Å². The number of rotatable bonds is 13. The molecule has 0 saturated heterocycles. The van der Waals surface area contributed by atoms with Crippen LogP contribution in [0.15, 0.2) is 121 Å². The number of carbonyl (C=O) groups excluding carboxylic acids is 1. The third kappa shape index (κ3) is 5.92. The Morgan fingerprint density at radius 1 is 0.580 bits per heavy atom. The van der Waals surface area contributed by atoms with E-state index < -0.39 is 5.54 Å². The number of fused-ring (bicyclic) bond motifs is 6. The van der Waals surface area contributed by atoms with Crippen LogP contribution >= 0.6 is 0 Å². The molecular weight excluding hydrogens is 617 g/mol. The first-order valence-electron chi connectivity index (χ1n) is 18.2. The quantitative estimate of drug-likeness (QED) is 0.126. The van der Waals surface area contributed by atoms with Gasteiger partial charge in [0.1, 0.15) is 17.0 Å². The average molecular weight is 665 g/mol. The van der Waals surface area contributed by atoms with Crippen LogP contribution in [0.1, 0.15) is 65.9 Å². The van der Waals surface area contributed by atoms with Crippen LogP contribution in [-0.4, -0.2) is 55.0 Å². The van der Waals surface area contributed by atoms with E-state index in [-0.39, 0.29) is 5.91 Å². The molecule has 50 heavy (non-hydrogen) atoms. The Balaban J connectivity index is 1.37. The molecule has 0 fully saturated rings. The summed E-state index contributed by atoms with van der Waals surface area (Å²) in [6.07, 6.45) is 0. The minimum atomic E-state index is -0.842. The van der Waals surface area contributed by atoms with Crippen LogP contribution in [0, 0.1) is 0 Å². The molecule has 5 aromatic rings. The summed E-state index contributed by atoms with van der Waals surface area (Å²) in [6, 6.07) is 42.6. The molecule has 0 radical (unpaired) electrons. The fourth-order valence-corrected chi connectivity index (χ4v) is 8.04. The van der Waals surface area contributed by atoms with E-state index in [2.05, 4.69) is 156 Å². The molecule has 5 aromatic carbocycles. The number of ether oxygens (including phenoxy) is 1. The number of nitrogens with zero attached hydrogens (tertiary/aromatic N) is 4. The Morgan fingerprint density at radius 2 is 1.06 bits per heavy atom. The van der Waals surface area contributed by atoms with Gasteiger partial charge in [-0.25, -0.2) is 0 Å². The molecule has 0 atom stereocenters. The first-order valence-corrected chi connectivity index (χ1v) is 18.2. The van der Waals surface area contributed by atoms with Crippen molar-refractivity contribution in [2.75, 3.05) is 49.1 Å². The van der Waals surface area contributed by atoms with Gasteiger partial charge in [-0.2, -0.15) is 0 Å². The number of amides is 1. The lowest BCUT2D eigenvalue weighted by atomic mass is 9.74. The van der Waals surface area contributed by atoms with Gasteiger partial charge in [0, 0.05) is 92.6 Å². The summed E-state index contributed by atoms with van der Waals surface area (Å²) < 4.78 is 6.90. The molecule has 256 valence electrons. The first-order chi connectivity index (χ1) is 24.5. The van der Waals surface area contributed by atoms with Gasteiger partial charge in [0.2, 0.25) is 0 Å². The van der Waals surface area contributed by atoms with Gasteiger partial charge in [0.05, 0.1) is 0 Å². The van der Waals surface area contributed by atoms with Crippen molar-refractivity contribution in [2.45, 2.75) is 46.3 Å². The maximum Gasteiger partial charge on any atom is 0.255 e. The number of benzene rings is 5. The summed E-state index contributed by atoms with van der Waals surface area (Å²) in [7, 11) is 0. The molecule has 0 bridgehead atoms. The second kappa shape index (κ2) is 14.4. The van der Waals surface area contributed by atoms with Crippen LogP contribution < -0.4 is 14.5 Å².